The molecule has 2 rings (SSSR count). The van der Waals surface area contributed by atoms with Crippen LogP contribution in [0.5, 0.6) is 0 Å². The largest absolute Gasteiger partial charge is 0.289 e. The van der Waals surface area contributed by atoms with Gasteiger partial charge in [-0.1, -0.05) is 6.07 Å². The molecule has 16 heavy (non-hydrogen) atoms. The van der Waals surface area contributed by atoms with Gasteiger partial charge in [-0.15, -0.1) is 0 Å². The van der Waals surface area contributed by atoms with Crippen LogP contribution in [0.15, 0.2) is 41.3 Å². The molecular weight excluding hydrogens is 272 g/mol. The molecule has 2 aromatic rings. The summed E-state index contributed by atoms with van der Waals surface area (Å²) in [5, 5.41) is 2.54. The van der Waals surface area contributed by atoms with Gasteiger partial charge in [-0.3, -0.25) is 15.1 Å². The van der Waals surface area contributed by atoms with E-state index in [9.17, 15) is 4.79 Å². The van der Waals surface area contributed by atoms with E-state index in [2.05, 4.69) is 36.2 Å². The normalized spacial score (nSPS) is 9.81. The van der Waals surface area contributed by atoms with Crippen molar-refractivity contribution in [3.8, 4) is 0 Å². The molecule has 5 nitrogen and oxygen atoms in total. The Labute approximate surface area is 100 Å². The number of nitrogens with one attached hydrogen (secondary N) is 1. The van der Waals surface area contributed by atoms with Gasteiger partial charge >= 0.3 is 0 Å². The van der Waals surface area contributed by atoms with Crippen LogP contribution in [-0.4, -0.2) is 20.9 Å². The molecule has 1 amide bonds. The van der Waals surface area contributed by atoms with E-state index in [1.54, 1.807) is 36.8 Å². The summed E-state index contributed by atoms with van der Waals surface area (Å²) in [6, 6.07) is 5.10. The van der Waals surface area contributed by atoms with Crippen LogP contribution in [0.1, 0.15) is 10.5 Å². The molecule has 2 aromatic heterocycles. The number of pyridine rings is 1. The first-order chi connectivity index (χ1) is 7.75. The number of rotatable bonds is 2. The topological polar surface area (TPSA) is 67.8 Å². The maximum atomic E-state index is 11.6. The third-order valence-corrected chi connectivity index (χ3v) is 2.15. The van der Waals surface area contributed by atoms with E-state index in [-0.39, 0.29) is 11.9 Å². The summed E-state index contributed by atoms with van der Waals surface area (Å²) in [4.78, 5) is 23.4. The highest BCUT2D eigenvalue weighted by Crippen LogP contribution is 2.07. The van der Waals surface area contributed by atoms with Gasteiger partial charge in [0.1, 0.15) is 5.69 Å². The number of hydrogen-bond donors (Lipinski definition) is 1. The molecule has 0 radical (unpaired) electrons. The molecule has 1 N–H and O–H groups in total. The molecule has 0 fully saturated rings. The molecule has 0 spiro atoms. The minimum Gasteiger partial charge on any atom is -0.289 e. The van der Waals surface area contributed by atoms with E-state index in [4.69, 9.17) is 0 Å². The average Bonchev–Trinajstić information content (AvgIpc) is 2.33. The molecular formula is C10H7BrN4O. The van der Waals surface area contributed by atoms with Crippen molar-refractivity contribution in [2.24, 2.45) is 0 Å². The lowest BCUT2D eigenvalue weighted by Gasteiger charge is -2.01. The number of hydrogen-bond acceptors (Lipinski definition) is 4. The van der Waals surface area contributed by atoms with E-state index < -0.39 is 0 Å². The van der Waals surface area contributed by atoms with Gasteiger partial charge in [0, 0.05) is 18.6 Å². The number of carbonyl (C=O) groups is 1. The lowest BCUT2D eigenvalue weighted by atomic mass is 10.3. The van der Waals surface area contributed by atoms with Crippen molar-refractivity contribution in [3.63, 3.8) is 0 Å². The molecule has 0 aromatic carbocycles. The Balaban J connectivity index is 2.11. The summed E-state index contributed by atoms with van der Waals surface area (Å²) in [6.07, 6.45) is 4.67. The Hall–Kier alpha value is -1.82. The predicted octanol–water partition coefficient (Wildman–Crippen LogP) is 1.89. The van der Waals surface area contributed by atoms with Gasteiger partial charge in [-0.05, 0) is 28.1 Å². The maximum Gasteiger partial charge on any atom is 0.276 e. The Morgan fingerprint density at radius 1 is 1.19 bits per heavy atom. The third kappa shape index (κ3) is 2.60. The molecule has 2 heterocycles. The fourth-order valence-electron chi connectivity index (χ4n) is 1.04. The first-order valence-corrected chi connectivity index (χ1v) is 5.25. The van der Waals surface area contributed by atoms with Gasteiger partial charge in [0.05, 0.1) is 4.47 Å². The summed E-state index contributed by atoms with van der Waals surface area (Å²) < 4.78 is 0.753. The van der Waals surface area contributed by atoms with Gasteiger partial charge < -0.3 is 0 Å². The standard InChI is InChI=1S/C10H7BrN4O/c11-7-5-13-10(14-6-7)15-9(16)8-3-1-2-4-12-8/h1-6H,(H,13,14,15,16). The summed E-state index contributed by atoms with van der Waals surface area (Å²) >= 11 is 3.21. The molecule has 0 saturated heterocycles. The fourth-order valence-corrected chi connectivity index (χ4v) is 1.24. The summed E-state index contributed by atoms with van der Waals surface area (Å²) in [6.45, 7) is 0. The minimum atomic E-state index is -0.331. The fraction of sp³-hybridized carbons (Fsp3) is 0. The monoisotopic (exact) mass is 278 g/mol. The molecule has 0 bridgehead atoms. The van der Waals surface area contributed by atoms with E-state index in [1.807, 2.05) is 0 Å². The lowest BCUT2D eigenvalue weighted by molar-refractivity contribution is 0.102. The predicted molar refractivity (Wildman–Crippen MR) is 61.9 cm³/mol. The van der Waals surface area contributed by atoms with Gasteiger partial charge in [0.2, 0.25) is 5.95 Å². The Kier molecular flexibility index (Phi) is 3.21. The highest BCUT2D eigenvalue weighted by Gasteiger charge is 2.07. The second-order valence-electron chi connectivity index (χ2n) is 2.89. The van der Waals surface area contributed by atoms with Crippen molar-refractivity contribution in [2.75, 3.05) is 5.32 Å². The van der Waals surface area contributed by atoms with E-state index >= 15 is 0 Å². The van der Waals surface area contributed by atoms with Crippen molar-refractivity contribution in [3.05, 3.63) is 47.0 Å². The van der Waals surface area contributed by atoms with Gasteiger partial charge in [0.25, 0.3) is 5.91 Å². The van der Waals surface area contributed by atoms with Crippen LogP contribution in [-0.2, 0) is 0 Å². The van der Waals surface area contributed by atoms with Crippen molar-refractivity contribution >= 4 is 27.8 Å². The smallest absolute Gasteiger partial charge is 0.276 e. The second kappa shape index (κ2) is 4.80. The highest BCUT2D eigenvalue weighted by atomic mass is 79.9. The number of nitrogens with zero attached hydrogens (tertiary/aromatic N) is 3. The molecule has 0 saturated carbocycles. The number of aromatic nitrogens is 3. The van der Waals surface area contributed by atoms with Gasteiger partial charge in [0.15, 0.2) is 0 Å². The van der Waals surface area contributed by atoms with Crippen LogP contribution in [0.3, 0.4) is 0 Å². The number of amides is 1. The van der Waals surface area contributed by atoms with Crippen molar-refractivity contribution in [1.29, 1.82) is 0 Å². The SMILES string of the molecule is O=C(Nc1ncc(Br)cn1)c1ccccn1. The van der Waals surface area contributed by atoms with E-state index in [0.29, 0.717) is 5.69 Å². The second-order valence-corrected chi connectivity index (χ2v) is 3.81. The van der Waals surface area contributed by atoms with Gasteiger partial charge in [-0.2, -0.15) is 0 Å². The van der Waals surface area contributed by atoms with Crippen molar-refractivity contribution < 1.29 is 4.79 Å². The van der Waals surface area contributed by atoms with E-state index in [0.717, 1.165) is 4.47 Å². The van der Waals surface area contributed by atoms with Gasteiger partial charge in [-0.25, -0.2) is 9.97 Å². The zero-order valence-corrected chi connectivity index (χ0v) is 9.68. The minimum absolute atomic E-state index is 0.249. The highest BCUT2D eigenvalue weighted by molar-refractivity contribution is 9.10. The molecule has 0 atom stereocenters. The molecule has 0 aliphatic carbocycles. The Morgan fingerprint density at radius 3 is 2.56 bits per heavy atom. The molecule has 80 valence electrons. The average molecular weight is 279 g/mol. The van der Waals surface area contributed by atoms with Crippen LogP contribution >= 0.6 is 15.9 Å². The van der Waals surface area contributed by atoms with E-state index in [1.165, 1.54) is 0 Å². The zero-order valence-electron chi connectivity index (χ0n) is 8.09. The molecule has 0 aliphatic rings. The van der Waals surface area contributed by atoms with Crippen molar-refractivity contribution in [2.45, 2.75) is 0 Å². The van der Waals surface area contributed by atoms with Crippen LogP contribution in [0.2, 0.25) is 0 Å². The number of halogens is 1. The molecule has 0 aliphatic heterocycles. The summed E-state index contributed by atoms with van der Waals surface area (Å²) in [5.74, 6) is -0.0817. The first-order valence-electron chi connectivity index (χ1n) is 4.45. The quantitative estimate of drug-likeness (QED) is 0.911. The summed E-state index contributed by atoms with van der Waals surface area (Å²) in [7, 11) is 0. The summed E-state index contributed by atoms with van der Waals surface area (Å²) in [5.41, 5.74) is 0.328. The van der Waals surface area contributed by atoms with Crippen molar-refractivity contribution in [1.82, 2.24) is 15.0 Å². The Morgan fingerprint density at radius 2 is 1.94 bits per heavy atom. The van der Waals surface area contributed by atoms with Crippen LogP contribution in [0.4, 0.5) is 5.95 Å². The number of anilines is 1. The lowest BCUT2D eigenvalue weighted by Crippen LogP contribution is -2.15. The first kappa shape index (κ1) is 10.7. The van der Waals surface area contributed by atoms with Crippen LogP contribution in [0.25, 0.3) is 0 Å². The molecule has 6 heteroatoms. The number of carbonyl (C=O) groups excluding carboxylic acids is 1. The zero-order chi connectivity index (χ0) is 11.4. The maximum absolute atomic E-state index is 11.6. The van der Waals surface area contributed by atoms with Crippen LogP contribution in [0, 0.1) is 0 Å². The van der Waals surface area contributed by atoms with Crippen LogP contribution < -0.4 is 5.32 Å². The molecule has 0 unspecified atom stereocenters. The Bertz CT molecular complexity index is 486. The third-order valence-electron chi connectivity index (χ3n) is 1.74.